The maximum Gasteiger partial charge on any atom is 0.494 e. The molecule has 4 nitrogen and oxygen atoms in total. The molecule has 2 aliphatic heterocycles. The number of hydrogen-bond donors (Lipinski definition) is 0. The van der Waals surface area contributed by atoms with Crippen LogP contribution in [0.25, 0.3) is 6.08 Å². The fourth-order valence-corrected chi connectivity index (χ4v) is 3.20. The van der Waals surface area contributed by atoms with E-state index in [1.165, 1.54) is 0 Å². The van der Waals surface area contributed by atoms with Gasteiger partial charge in [-0.1, -0.05) is 60.6 Å². The minimum absolute atomic E-state index is 0.340. The topological polar surface area (TPSA) is 36.9 Å². The maximum absolute atomic E-state index is 6.27. The third kappa shape index (κ3) is 4.83. The van der Waals surface area contributed by atoms with Gasteiger partial charge in [0.2, 0.25) is 0 Å². The van der Waals surface area contributed by atoms with Gasteiger partial charge >= 0.3 is 14.2 Å². The molecule has 0 saturated carbocycles. The third-order valence-corrected chi connectivity index (χ3v) is 6.60. The molecule has 6 heteroatoms. The van der Waals surface area contributed by atoms with Crippen LogP contribution in [0.1, 0.15) is 61.0 Å². The van der Waals surface area contributed by atoms with Gasteiger partial charge in [-0.25, -0.2) is 0 Å². The van der Waals surface area contributed by atoms with E-state index in [1.54, 1.807) is 0 Å². The smallest absolute Gasteiger partial charge is 0.400 e. The number of benzene rings is 1. The van der Waals surface area contributed by atoms with Gasteiger partial charge in [-0.2, -0.15) is 0 Å². The van der Waals surface area contributed by atoms with Gasteiger partial charge in [0.15, 0.2) is 0 Å². The van der Waals surface area contributed by atoms with Crippen LogP contribution in [0.3, 0.4) is 0 Å². The maximum atomic E-state index is 6.27. The lowest BCUT2D eigenvalue weighted by Crippen LogP contribution is -2.41. The molecule has 0 aliphatic carbocycles. The van der Waals surface area contributed by atoms with Crippen LogP contribution in [0, 0.1) is 0 Å². The Labute approximate surface area is 182 Å². The van der Waals surface area contributed by atoms with E-state index < -0.39 is 7.12 Å². The average molecular weight is 408 g/mol. The highest BCUT2D eigenvalue weighted by molar-refractivity contribution is 6.56. The highest BCUT2D eigenvalue weighted by Gasteiger charge is 2.52. The molecule has 2 saturated heterocycles. The van der Waals surface area contributed by atoms with E-state index in [2.05, 4.69) is 73.6 Å². The molecular formula is C24H34B2O4. The highest BCUT2D eigenvalue weighted by atomic mass is 16.7. The second-order valence-corrected chi connectivity index (χ2v) is 10.0. The molecule has 0 bridgehead atoms. The molecule has 2 heterocycles. The largest absolute Gasteiger partial charge is 0.494 e. The van der Waals surface area contributed by atoms with E-state index in [4.69, 9.17) is 18.6 Å². The van der Waals surface area contributed by atoms with Crippen molar-refractivity contribution in [2.24, 2.45) is 0 Å². The Hall–Kier alpha value is -1.59. The highest BCUT2D eigenvalue weighted by Crippen LogP contribution is 2.39. The van der Waals surface area contributed by atoms with Crippen molar-refractivity contribution in [1.29, 1.82) is 0 Å². The summed E-state index contributed by atoms with van der Waals surface area (Å²) >= 11 is 0. The summed E-state index contributed by atoms with van der Waals surface area (Å²) in [4.78, 5) is 0. The summed E-state index contributed by atoms with van der Waals surface area (Å²) < 4.78 is 24.6. The fourth-order valence-electron chi connectivity index (χ4n) is 3.20. The summed E-state index contributed by atoms with van der Waals surface area (Å²) in [6, 6.07) is 10.2. The van der Waals surface area contributed by atoms with Gasteiger partial charge in [0.05, 0.1) is 22.4 Å². The third-order valence-electron chi connectivity index (χ3n) is 6.60. The molecule has 0 N–H and O–H groups in total. The minimum Gasteiger partial charge on any atom is -0.400 e. The Balaban J connectivity index is 1.78. The van der Waals surface area contributed by atoms with Crippen molar-refractivity contribution >= 4 is 20.3 Å². The van der Waals surface area contributed by atoms with Gasteiger partial charge in [0.1, 0.15) is 0 Å². The van der Waals surface area contributed by atoms with Gasteiger partial charge in [0.25, 0.3) is 0 Å². The van der Waals surface area contributed by atoms with Crippen LogP contribution >= 0.6 is 0 Å². The van der Waals surface area contributed by atoms with Gasteiger partial charge < -0.3 is 18.6 Å². The number of allylic oxidation sites excluding steroid dienone is 4. The molecule has 0 aromatic heterocycles. The van der Waals surface area contributed by atoms with Gasteiger partial charge in [-0.15, -0.1) is 0 Å². The molecule has 1 aromatic carbocycles. The lowest BCUT2D eigenvalue weighted by Gasteiger charge is -2.32. The van der Waals surface area contributed by atoms with E-state index in [0.717, 1.165) is 11.0 Å². The Kier molecular flexibility index (Phi) is 6.28. The Morgan fingerprint density at radius 3 is 1.73 bits per heavy atom. The number of hydrogen-bond acceptors (Lipinski definition) is 4. The number of rotatable bonds is 5. The van der Waals surface area contributed by atoms with Crippen molar-refractivity contribution in [2.75, 3.05) is 0 Å². The Bertz CT molecular complexity index is 806. The van der Waals surface area contributed by atoms with Crippen molar-refractivity contribution in [3.05, 3.63) is 65.6 Å². The van der Waals surface area contributed by atoms with E-state index in [1.807, 2.05) is 42.4 Å². The summed E-state index contributed by atoms with van der Waals surface area (Å²) in [7, 11) is -0.797. The van der Waals surface area contributed by atoms with Crippen LogP contribution in [0.5, 0.6) is 0 Å². The molecule has 2 fully saturated rings. The zero-order valence-electron chi connectivity index (χ0n) is 19.6. The SMILES string of the molecule is CC1(C)OB(/C=C/C=C/C(=C/c2ccccc2)B2OC(C)(C)C(C)(C)O2)OC1(C)C. The van der Waals surface area contributed by atoms with Crippen LogP contribution in [-0.4, -0.2) is 36.6 Å². The zero-order chi connectivity index (χ0) is 22.2. The molecule has 0 spiro atoms. The van der Waals surface area contributed by atoms with Crippen LogP contribution in [-0.2, 0) is 18.6 Å². The summed E-state index contributed by atoms with van der Waals surface area (Å²) in [5.41, 5.74) is 0.597. The zero-order valence-corrected chi connectivity index (χ0v) is 19.6. The quantitative estimate of drug-likeness (QED) is 0.480. The fraction of sp³-hybridized carbons (Fsp3) is 0.500. The first-order valence-electron chi connectivity index (χ1n) is 10.7. The van der Waals surface area contributed by atoms with Crippen molar-refractivity contribution < 1.29 is 18.6 Å². The van der Waals surface area contributed by atoms with Crippen LogP contribution in [0.2, 0.25) is 0 Å². The molecule has 1 aromatic rings. The predicted molar refractivity (Wildman–Crippen MR) is 125 cm³/mol. The molecule has 160 valence electrons. The first kappa shape index (κ1) is 23.1. The second-order valence-electron chi connectivity index (χ2n) is 10.0. The molecular weight excluding hydrogens is 374 g/mol. The molecule has 0 radical (unpaired) electrons. The van der Waals surface area contributed by atoms with Gasteiger partial charge in [-0.05, 0) is 66.4 Å². The van der Waals surface area contributed by atoms with Crippen molar-refractivity contribution in [3.63, 3.8) is 0 Å². The minimum atomic E-state index is -0.434. The van der Waals surface area contributed by atoms with E-state index in [0.29, 0.717) is 0 Å². The summed E-state index contributed by atoms with van der Waals surface area (Å²) in [6.45, 7) is 16.5. The molecule has 2 aliphatic rings. The lowest BCUT2D eigenvalue weighted by atomic mass is 9.76. The van der Waals surface area contributed by atoms with Gasteiger partial charge in [0, 0.05) is 0 Å². The van der Waals surface area contributed by atoms with E-state index in [9.17, 15) is 0 Å². The Morgan fingerprint density at radius 2 is 1.20 bits per heavy atom. The molecule has 0 amide bonds. The van der Waals surface area contributed by atoms with Crippen LogP contribution < -0.4 is 0 Å². The normalized spacial score (nSPS) is 25.0. The van der Waals surface area contributed by atoms with Crippen molar-refractivity contribution in [3.8, 4) is 0 Å². The Morgan fingerprint density at radius 1 is 0.700 bits per heavy atom. The monoisotopic (exact) mass is 408 g/mol. The van der Waals surface area contributed by atoms with E-state index in [-0.39, 0.29) is 29.5 Å². The lowest BCUT2D eigenvalue weighted by molar-refractivity contribution is 0.00578. The summed E-state index contributed by atoms with van der Waals surface area (Å²) in [5, 5.41) is 0. The predicted octanol–water partition coefficient (Wildman–Crippen LogP) is 5.45. The van der Waals surface area contributed by atoms with Crippen molar-refractivity contribution in [1.82, 2.24) is 0 Å². The van der Waals surface area contributed by atoms with E-state index >= 15 is 0 Å². The summed E-state index contributed by atoms with van der Waals surface area (Å²) in [5.74, 6) is 1.93. The van der Waals surface area contributed by atoms with Crippen molar-refractivity contribution in [2.45, 2.75) is 77.8 Å². The first-order chi connectivity index (χ1) is 13.8. The molecule has 30 heavy (non-hydrogen) atoms. The second kappa shape index (κ2) is 8.16. The standard InChI is InChI=1S/C24H34B2O4/c1-21(2)22(3,4)28-25(27-21)17-13-12-16-20(18-19-14-10-9-11-15-19)26-29-23(5,6)24(7,8)30-26/h9-18H,1-8H3/b16-12+,17-13+,20-18-. The average Bonchev–Trinajstić information content (AvgIpc) is 2.97. The molecule has 0 atom stereocenters. The molecule has 3 rings (SSSR count). The summed E-state index contributed by atoms with van der Waals surface area (Å²) in [6.07, 6.45) is 8.05. The van der Waals surface area contributed by atoms with Gasteiger partial charge in [-0.3, -0.25) is 0 Å². The van der Waals surface area contributed by atoms with Crippen LogP contribution in [0.15, 0.2) is 60.0 Å². The molecule has 0 unspecified atom stereocenters. The van der Waals surface area contributed by atoms with Crippen LogP contribution in [0.4, 0.5) is 0 Å². The first-order valence-corrected chi connectivity index (χ1v) is 10.7.